The Balaban J connectivity index is 2.84. The summed E-state index contributed by atoms with van der Waals surface area (Å²) in [5.41, 5.74) is 1.07. The third kappa shape index (κ3) is 5.08. The second-order valence-electron chi connectivity index (χ2n) is 4.62. The number of hydrogen-bond donors (Lipinski definition) is 1. The van der Waals surface area contributed by atoms with Gasteiger partial charge in [-0.15, -0.1) is 0 Å². The number of nitrogens with one attached hydrogen (secondary N) is 1. The van der Waals surface area contributed by atoms with Crippen LogP contribution < -0.4 is 5.32 Å². The molecule has 0 aliphatic rings. The summed E-state index contributed by atoms with van der Waals surface area (Å²) in [6.45, 7) is 2.50. The highest BCUT2D eigenvalue weighted by molar-refractivity contribution is 5.62. The molecule has 0 saturated carbocycles. The van der Waals surface area contributed by atoms with E-state index in [0.29, 0.717) is 17.8 Å². The smallest absolute Gasteiger partial charge is 0.292 e. The Morgan fingerprint density at radius 2 is 2.15 bits per heavy atom. The molecule has 0 aliphatic heterocycles. The summed E-state index contributed by atoms with van der Waals surface area (Å²) in [6, 6.07) is 4.77. The summed E-state index contributed by atoms with van der Waals surface area (Å²) in [5.74, 6) is 0. The zero-order valence-corrected chi connectivity index (χ0v) is 11.6. The van der Waals surface area contributed by atoms with Crippen LogP contribution in [0.15, 0.2) is 18.2 Å². The van der Waals surface area contributed by atoms with Crippen LogP contribution in [0.4, 0.5) is 20.2 Å². The molecule has 0 heterocycles. The standard InChI is InChI=1S/C13H19F2N3O2/c1-3-6-16-11-5-4-10(7-12(11)18(19)20)8-17(2)9-13(14)15/h4-5,7,13,16H,3,6,8-9H2,1-2H3. The van der Waals surface area contributed by atoms with Crippen LogP contribution in [0.3, 0.4) is 0 Å². The van der Waals surface area contributed by atoms with Gasteiger partial charge in [0.25, 0.3) is 12.1 Å². The number of hydrogen-bond acceptors (Lipinski definition) is 4. The molecule has 0 unspecified atom stereocenters. The first-order valence-electron chi connectivity index (χ1n) is 6.42. The first-order chi connectivity index (χ1) is 9.43. The maximum absolute atomic E-state index is 12.2. The van der Waals surface area contributed by atoms with Crippen molar-refractivity contribution < 1.29 is 13.7 Å². The summed E-state index contributed by atoms with van der Waals surface area (Å²) in [7, 11) is 1.56. The van der Waals surface area contributed by atoms with Gasteiger partial charge in [0, 0.05) is 19.2 Å². The average Bonchev–Trinajstić information content (AvgIpc) is 2.35. The van der Waals surface area contributed by atoms with E-state index < -0.39 is 11.3 Å². The molecule has 0 amide bonds. The predicted molar refractivity (Wildman–Crippen MR) is 74.2 cm³/mol. The Labute approximate surface area is 116 Å². The van der Waals surface area contributed by atoms with Crippen LogP contribution in [-0.4, -0.2) is 36.4 Å². The van der Waals surface area contributed by atoms with Crippen LogP contribution in [0, 0.1) is 10.1 Å². The summed E-state index contributed by atoms with van der Waals surface area (Å²) in [4.78, 5) is 12.0. The molecule has 5 nitrogen and oxygen atoms in total. The SMILES string of the molecule is CCCNc1ccc(CN(C)CC(F)F)cc1[N+](=O)[O-]. The predicted octanol–water partition coefficient (Wildman–Crippen LogP) is 3.11. The molecule has 7 heteroatoms. The normalized spacial score (nSPS) is 11.1. The quantitative estimate of drug-likeness (QED) is 0.589. The number of halogens is 2. The minimum absolute atomic E-state index is 0.0265. The van der Waals surface area contributed by atoms with Gasteiger partial charge in [-0.1, -0.05) is 13.0 Å². The molecule has 1 N–H and O–H groups in total. The first-order valence-corrected chi connectivity index (χ1v) is 6.42. The van der Waals surface area contributed by atoms with Gasteiger partial charge in [0.15, 0.2) is 0 Å². The highest BCUT2D eigenvalue weighted by Gasteiger charge is 2.15. The first kappa shape index (κ1) is 16.3. The van der Waals surface area contributed by atoms with Gasteiger partial charge < -0.3 is 5.32 Å². The Bertz CT molecular complexity index is 455. The van der Waals surface area contributed by atoms with E-state index in [1.807, 2.05) is 6.92 Å². The summed E-state index contributed by atoms with van der Waals surface area (Å²) < 4.78 is 24.5. The molecule has 0 aromatic heterocycles. The minimum Gasteiger partial charge on any atom is -0.380 e. The molecule has 0 fully saturated rings. The molecular formula is C13H19F2N3O2. The Kier molecular flexibility index (Phi) is 6.30. The van der Waals surface area contributed by atoms with Crippen LogP contribution in [0.25, 0.3) is 0 Å². The van der Waals surface area contributed by atoms with E-state index in [0.717, 1.165) is 6.42 Å². The average molecular weight is 287 g/mol. The molecule has 1 aromatic rings. The van der Waals surface area contributed by atoms with Gasteiger partial charge >= 0.3 is 0 Å². The summed E-state index contributed by atoms with van der Waals surface area (Å²) in [6.07, 6.45) is -1.56. The maximum atomic E-state index is 12.2. The van der Waals surface area contributed by atoms with E-state index in [-0.39, 0.29) is 18.8 Å². The molecule has 0 spiro atoms. The van der Waals surface area contributed by atoms with Gasteiger partial charge in [-0.05, 0) is 25.1 Å². The number of nitro groups is 1. The van der Waals surface area contributed by atoms with Gasteiger partial charge in [0.1, 0.15) is 5.69 Å². The number of benzene rings is 1. The van der Waals surface area contributed by atoms with Crippen molar-refractivity contribution in [2.45, 2.75) is 26.3 Å². The van der Waals surface area contributed by atoms with Gasteiger partial charge in [0.2, 0.25) is 0 Å². The number of nitro benzene ring substituents is 1. The molecule has 0 saturated heterocycles. The number of anilines is 1. The van der Waals surface area contributed by atoms with E-state index in [9.17, 15) is 18.9 Å². The van der Waals surface area contributed by atoms with Crippen molar-refractivity contribution in [3.63, 3.8) is 0 Å². The zero-order valence-electron chi connectivity index (χ0n) is 11.6. The Morgan fingerprint density at radius 1 is 1.45 bits per heavy atom. The lowest BCUT2D eigenvalue weighted by molar-refractivity contribution is -0.384. The second kappa shape index (κ2) is 7.74. The Morgan fingerprint density at radius 3 is 2.70 bits per heavy atom. The highest BCUT2D eigenvalue weighted by atomic mass is 19.3. The van der Waals surface area contributed by atoms with Crippen LogP contribution in [0.2, 0.25) is 0 Å². The third-order valence-corrected chi connectivity index (χ3v) is 2.73. The zero-order chi connectivity index (χ0) is 15.1. The van der Waals surface area contributed by atoms with Crippen molar-refractivity contribution in [1.29, 1.82) is 0 Å². The van der Waals surface area contributed by atoms with Crippen molar-refractivity contribution in [2.24, 2.45) is 0 Å². The van der Waals surface area contributed by atoms with Crippen LogP contribution >= 0.6 is 0 Å². The van der Waals surface area contributed by atoms with Gasteiger partial charge in [-0.3, -0.25) is 15.0 Å². The Hall–Kier alpha value is -1.76. The van der Waals surface area contributed by atoms with Gasteiger partial charge in [0.05, 0.1) is 11.5 Å². The monoisotopic (exact) mass is 287 g/mol. The van der Waals surface area contributed by atoms with E-state index in [1.54, 1.807) is 19.2 Å². The fourth-order valence-corrected chi connectivity index (χ4v) is 1.85. The summed E-state index contributed by atoms with van der Waals surface area (Å²) in [5, 5.41) is 14.0. The molecule has 0 bridgehead atoms. The van der Waals surface area contributed by atoms with E-state index in [2.05, 4.69) is 5.32 Å². The lowest BCUT2D eigenvalue weighted by Crippen LogP contribution is -2.24. The van der Waals surface area contributed by atoms with E-state index in [4.69, 9.17) is 0 Å². The molecule has 1 rings (SSSR count). The minimum atomic E-state index is -2.42. The summed E-state index contributed by atoms with van der Waals surface area (Å²) >= 11 is 0. The molecule has 0 radical (unpaired) electrons. The van der Waals surface area contributed by atoms with Crippen molar-refractivity contribution >= 4 is 11.4 Å². The van der Waals surface area contributed by atoms with Crippen molar-refractivity contribution in [3.05, 3.63) is 33.9 Å². The topological polar surface area (TPSA) is 58.4 Å². The van der Waals surface area contributed by atoms with Crippen molar-refractivity contribution in [1.82, 2.24) is 4.90 Å². The van der Waals surface area contributed by atoms with E-state index >= 15 is 0 Å². The van der Waals surface area contributed by atoms with Gasteiger partial charge in [-0.2, -0.15) is 0 Å². The largest absolute Gasteiger partial charge is 0.380 e. The highest BCUT2D eigenvalue weighted by Crippen LogP contribution is 2.26. The molecule has 1 aromatic carbocycles. The van der Waals surface area contributed by atoms with Crippen LogP contribution in [0.5, 0.6) is 0 Å². The third-order valence-electron chi connectivity index (χ3n) is 2.73. The lowest BCUT2D eigenvalue weighted by Gasteiger charge is -2.16. The number of nitrogens with zero attached hydrogens (tertiary/aromatic N) is 2. The van der Waals surface area contributed by atoms with Crippen LogP contribution in [0.1, 0.15) is 18.9 Å². The van der Waals surface area contributed by atoms with Crippen molar-refractivity contribution in [2.75, 3.05) is 25.5 Å². The van der Waals surface area contributed by atoms with E-state index in [1.165, 1.54) is 11.0 Å². The molecule has 0 aliphatic carbocycles. The molecule has 0 atom stereocenters. The fraction of sp³-hybridized carbons (Fsp3) is 0.538. The lowest BCUT2D eigenvalue weighted by atomic mass is 10.1. The number of rotatable bonds is 8. The number of alkyl halides is 2. The van der Waals surface area contributed by atoms with Crippen LogP contribution in [-0.2, 0) is 6.54 Å². The molecule has 20 heavy (non-hydrogen) atoms. The van der Waals surface area contributed by atoms with Gasteiger partial charge in [-0.25, -0.2) is 8.78 Å². The fourth-order valence-electron chi connectivity index (χ4n) is 1.85. The van der Waals surface area contributed by atoms with Crippen molar-refractivity contribution in [3.8, 4) is 0 Å². The molecule has 112 valence electrons. The maximum Gasteiger partial charge on any atom is 0.292 e. The molecular weight excluding hydrogens is 268 g/mol. The second-order valence-corrected chi connectivity index (χ2v) is 4.62.